The van der Waals surface area contributed by atoms with Crippen LogP contribution in [0.25, 0.3) is 0 Å². The summed E-state index contributed by atoms with van der Waals surface area (Å²) in [5.41, 5.74) is 0.120. The van der Waals surface area contributed by atoms with Gasteiger partial charge in [-0.05, 0) is 38.4 Å². The lowest BCUT2D eigenvalue weighted by Crippen LogP contribution is -2.51. The fourth-order valence-electron chi connectivity index (χ4n) is 3.29. The summed E-state index contributed by atoms with van der Waals surface area (Å²) in [5.74, 6) is -0.341. The van der Waals surface area contributed by atoms with E-state index in [4.69, 9.17) is 0 Å². The van der Waals surface area contributed by atoms with Gasteiger partial charge in [0.05, 0.1) is 6.54 Å². The maximum absolute atomic E-state index is 14.0. The van der Waals surface area contributed by atoms with Gasteiger partial charge in [0, 0.05) is 43.7 Å². The molecule has 3 N–H and O–H groups in total. The lowest BCUT2D eigenvalue weighted by atomic mass is 10.0. The maximum Gasteiger partial charge on any atom is 0.222 e. The van der Waals surface area contributed by atoms with Crippen LogP contribution in [-0.4, -0.2) is 55.5 Å². The van der Waals surface area contributed by atoms with Gasteiger partial charge in [-0.3, -0.25) is 14.7 Å². The number of amides is 1. The van der Waals surface area contributed by atoms with Gasteiger partial charge in [-0.15, -0.1) is 24.0 Å². The molecule has 2 rings (SSSR count). The van der Waals surface area contributed by atoms with E-state index in [0.717, 1.165) is 25.9 Å². The number of likely N-dealkylation sites (tertiary alicyclic amines) is 1. The normalized spacial score (nSPS) is 17.4. The van der Waals surface area contributed by atoms with E-state index in [2.05, 4.69) is 25.8 Å². The molecular weight excluding hydrogens is 503 g/mol. The number of hydrogen-bond acceptors (Lipinski definition) is 3. The summed E-state index contributed by atoms with van der Waals surface area (Å²) in [6.07, 6.45) is 1.91. The molecule has 1 unspecified atom stereocenters. The van der Waals surface area contributed by atoms with Crippen LogP contribution in [-0.2, 0) is 11.3 Å². The van der Waals surface area contributed by atoms with E-state index in [1.54, 1.807) is 0 Å². The van der Waals surface area contributed by atoms with Crippen molar-refractivity contribution < 1.29 is 13.6 Å². The number of benzene rings is 1. The molecule has 1 amide bonds. The topological polar surface area (TPSA) is 68.8 Å². The number of halogens is 3. The zero-order valence-electron chi connectivity index (χ0n) is 18.0. The Labute approximate surface area is 195 Å². The number of aliphatic imine (C=N–C) groups is 1. The van der Waals surface area contributed by atoms with Gasteiger partial charge < -0.3 is 16.0 Å². The molecule has 30 heavy (non-hydrogen) atoms. The first-order valence-corrected chi connectivity index (χ1v) is 10.4. The average Bonchev–Trinajstić information content (AvgIpc) is 2.68. The van der Waals surface area contributed by atoms with E-state index < -0.39 is 11.6 Å². The average molecular weight is 537 g/mol. The molecule has 1 aliphatic rings. The van der Waals surface area contributed by atoms with E-state index in [9.17, 15) is 13.6 Å². The van der Waals surface area contributed by atoms with Crippen LogP contribution < -0.4 is 16.0 Å². The van der Waals surface area contributed by atoms with Crippen molar-refractivity contribution in [3.63, 3.8) is 0 Å². The highest BCUT2D eigenvalue weighted by atomic mass is 127. The first-order valence-electron chi connectivity index (χ1n) is 10.4. The predicted octanol–water partition coefficient (Wildman–Crippen LogP) is 2.87. The number of piperidine rings is 1. The Hall–Kier alpha value is -1.49. The molecule has 0 saturated carbocycles. The third-order valence-electron chi connectivity index (χ3n) is 4.84. The highest BCUT2D eigenvalue weighted by Gasteiger charge is 2.22. The molecule has 170 valence electrons. The molecule has 1 atom stereocenters. The van der Waals surface area contributed by atoms with Crippen LogP contribution in [0.3, 0.4) is 0 Å². The number of nitrogens with one attached hydrogen (secondary N) is 3. The Morgan fingerprint density at radius 2 is 1.97 bits per heavy atom. The molecule has 9 heteroatoms. The van der Waals surface area contributed by atoms with Crippen molar-refractivity contribution in [2.75, 3.05) is 32.7 Å². The minimum atomic E-state index is -0.501. The van der Waals surface area contributed by atoms with Gasteiger partial charge in [0.15, 0.2) is 5.96 Å². The summed E-state index contributed by atoms with van der Waals surface area (Å²) in [5, 5.41) is 9.47. The SMILES string of the molecule is CCNC(=NCCNC(=O)C(C)C)NC1CCCN(Cc2c(F)cccc2F)C1.I. The Morgan fingerprint density at radius 1 is 1.27 bits per heavy atom. The molecule has 6 nitrogen and oxygen atoms in total. The third kappa shape index (κ3) is 8.71. The van der Waals surface area contributed by atoms with Crippen LogP contribution in [0.2, 0.25) is 0 Å². The van der Waals surface area contributed by atoms with Crippen molar-refractivity contribution in [3.8, 4) is 0 Å². The van der Waals surface area contributed by atoms with Gasteiger partial charge in [-0.1, -0.05) is 19.9 Å². The Bertz CT molecular complexity index is 682. The van der Waals surface area contributed by atoms with Crippen LogP contribution in [0.15, 0.2) is 23.2 Å². The smallest absolute Gasteiger partial charge is 0.222 e. The highest BCUT2D eigenvalue weighted by molar-refractivity contribution is 14.0. The van der Waals surface area contributed by atoms with Crippen LogP contribution in [0, 0.1) is 17.6 Å². The van der Waals surface area contributed by atoms with Gasteiger partial charge in [-0.25, -0.2) is 8.78 Å². The Kier molecular flexibility index (Phi) is 12.2. The molecule has 1 saturated heterocycles. The minimum absolute atomic E-state index is 0. The Morgan fingerprint density at radius 3 is 2.60 bits per heavy atom. The summed E-state index contributed by atoms with van der Waals surface area (Å²) in [6, 6.07) is 4.12. The van der Waals surface area contributed by atoms with Crippen molar-refractivity contribution in [2.45, 2.75) is 46.2 Å². The van der Waals surface area contributed by atoms with Gasteiger partial charge in [0.25, 0.3) is 0 Å². The zero-order chi connectivity index (χ0) is 21.2. The molecule has 1 aromatic carbocycles. The van der Waals surface area contributed by atoms with Crippen LogP contribution in [0.5, 0.6) is 0 Å². The monoisotopic (exact) mass is 537 g/mol. The summed E-state index contributed by atoms with van der Waals surface area (Å²) >= 11 is 0. The summed E-state index contributed by atoms with van der Waals surface area (Å²) < 4.78 is 27.9. The van der Waals surface area contributed by atoms with Crippen molar-refractivity contribution in [1.29, 1.82) is 0 Å². The second-order valence-electron chi connectivity index (χ2n) is 7.63. The third-order valence-corrected chi connectivity index (χ3v) is 4.84. The number of nitrogens with zero attached hydrogens (tertiary/aromatic N) is 2. The van der Waals surface area contributed by atoms with Crippen molar-refractivity contribution in [1.82, 2.24) is 20.9 Å². The second-order valence-corrected chi connectivity index (χ2v) is 7.63. The van der Waals surface area contributed by atoms with E-state index in [-0.39, 0.29) is 54.0 Å². The molecule has 1 fully saturated rings. The molecule has 0 radical (unpaired) electrons. The van der Waals surface area contributed by atoms with Crippen LogP contribution >= 0.6 is 24.0 Å². The predicted molar refractivity (Wildman–Crippen MR) is 127 cm³/mol. The van der Waals surface area contributed by atoms with Crippen LogP contribution in [0.1, 0.15) is 39.2 Å². The van der Waals surface area contributed by atoms with Crippen molar-refractivity contribution in [3.05, 3.63) is 35.4 Å². The van der Waals surface area contributed by atoms with Crippen molar-refractivity contribution >= 4 is 35.8 Å². The fraction of sp³-hybridized carbons (Fsp3) is 0.619. The largest absolute Gasteiger partial charge is 0.357 e. The number of guanidine groups is 1. The van der Waals surface area contributed by atoms with Gasteiger partial charge >= 0.3 is 0 Å². The molecule has 0 spiro atoms. The number of rotatable bonds is 8. The van der Waals surface area contributed by atoms with E-state index in [1.165, 1.54) is 18.2 Å². The molecule has 1 aliphatic heterocycles. The molecule has 1 aromatic rings. The molecule has 1 heterocycles. The van der Waals surface area contributed by atoms with E-state index in [0.29, 0.717) is 25.6 Å². The van der Waals surface area contributed by atoms with Crippen LogP contribution in [0.4, 0.5) is 8.78 Å². The van der Waals surface area contributed by atoms with E-state index in [1.807, 2.05) is 20.8 Å². The van der Waals surface area contributed by atoms with Gasteiger partial charge in [0.1, 0.15) is 11.6 Å². The zero-order valence-corrected chi connectivity index (χ0v) is 20.3. The number of carbonyl (C=O) groups excluding carboxylic acids is 1. The second kappa shape index (κ2) is 13.7. The number of carbonyl (C=O) groups is 1. The number of hydrogen-bond donors (Lipinski definition) is 3. The molecule has 0 bridgehead atoms. The minimum Gasteiger partial charge on any atom is -0.357 e. The first kappa shape index (κ1) is 26.5. The summed E-state index contributed by atoms with van der Waals surface area (Å²) in [4.78, 5) is 18.2. The standard InChI is InChI=1S/C21H33F2N5O.HI/c1-4-24-21(26-11-10-25-20(29)15(2)3)27-16-7-6-12-28(13-16)14-17-18(22)8-5-9-19(17)23;/h5,8-9,15-16H,4,6-7,10-14H2,1-3H3,(H,25,29)(H2,24,26,27);1H. The quantitative estimate of drug-likeness (QED) is 0.207. The Balaban J connectivity index is 0.00000450. The molecule has 0 aromatic heterocycles. The lowest BCUT2D eigenvalue weighted by molar-refractivity contribution is -0.123. The van der Waals surface area contributed by atoms with Gasteiger partial charge in [0.2, 0.25) is 5.91 Å². The molecule has 0 aliphatic carbocycles. The van der Waals surface area contributed by atoms with Crippen molar-refractivity contribution in [2.24, 2.45) is 10.9 Å². The fourth-order valence-corrected chi connectivity index (χ4v) is 3.29. The summed E-state index contributed by atoms with van der Waals surface area (Å²) in [6.45, 7) is 9.13. The molecular formula is C21H34F2IN5O. The first-order chi connectivity index (χ1) is 13.9. The van der Waals surface area contributed by atoms with Gasteiger partial charge in [-0.2, -0.15) is 0 Å². The van der Waals surface area contributed by atoms with E-state index >= 15 is 0 Å². The lowest BCUT2D eigenvalue weighted by Gasteiger charge is -2.34. The summed E-state index contributed by atoms with van der Waals surface area (Å²) in [7, 11) is 0. The highest BCUT2D eigenvalue weighted by Crippen LogP contribution is 2.18. The maximum atomic E-state index is 14.0.